The van der Waals surface area contributed by atoms with Gasteiger partial charge in [0.05, 0.1) is 11.5 Å². The molecule has 140 valence electrons. The van der Waals surface area contributed by atoms with Gasteiger partial charge in [0.25, 0.3) is 11.5 Å². The standard InChI is InChI=1S/C17H18N6O3S/c1-3-23-9-11(12-6-4-5-7-13(12)23)8-18-20-14(24)10(2)27-16-15(25)19-17(26)22-21-16/h4-10H,3H2,1-2H3,(H,20,24)(H2,19,22,25,26)/b18-8+. The molecule has 0 saturated carbocycles. The van der Waals surface area contributed by atoms with E-state index < -0.39 is 16.5 Å². The van der Waals surface area contributed by atoms with E-state index in [1.54, 1.807) is 13.1 Å². The van der Waals surface area contributed by atoms with Crippen LogP contribution >= 0.6 is 11.8 Å². The molecule has 1 atom stereocenters. The molecule has 9 nitrogen and oxygen atoms in total. The van der Waals surface area contributed by atoms with Gasteiger partial charge in [0.15, 0.2) is 5.03 Å². The second-order valence-electron chi connectivity index (χ2n) is 5.69. The fraction of sp³-hybridized carbons (Fsp3) is 0.235. The molecule has 0 aliphatic carbocycles. The third-order valence-electron chi connectivity index (χ3n) is 3.88. The highest BCUT2D eigenvalue weighted by atomic mass is 32.2. The molecule has 27 heavy (non-hydrogen) atoms. The highest BCUT2D eigenvalue weighted by molar-refractivity contribution is 8.00. The van der Waals surface area contributed by atoms with E-state index >= 15 is 0 Å². The number of hydrogen-bond donors (Lipinski definition) is 3. The number of hydrogen-bond acceptors (Lipinski definition) is 6. The van der Waals surface area contributed by atoms with E-state index in [1.807, 2.05) is 30.5 Å². The molecule has 1 unspecified atom stereocenters. The lowest BCUT2D eigenvalue weighted by molar-refractivity contribution is -0.120. The molecule has 3 aromatic rings. The maximum absolute atomic E-state index is 12.2. The van der Waals surface area contributed by atoms with E-state index in [9.17, 15) is 14.4 Å². The monoisotopic (exact) mass is 386 g/mol. The van der Waals surface area contributed by atoms with Crippen molar-refractivity contribution in [3.63, 3.8) is 0 Å². The molecule has 2 aromatic heterocycles. The summed E-state index contributed by atoms with van der Waals surface area (Å²) in [4.78, 5) is 36.8. The van der Waals surface area contributed by atoms with Gasteiger partial charge < -0.3 is 4.57 Å². The number of nitrogens with one attached hydrogen (secondary N) is 3. The van der Waals surface area contributed by atoms with Crippen LogP contribution in [0.4, 0.5) is 0 Å². The number of rotatable bonds is 6. The van der Waals surface area contributed by atoms with E-state index in [0.717, 1.165) is 34.8 Å². The second-order valence-corrected chi connectivity index (χ2v) is 7.02. The minimum absolute atomic E-state index is 0.00671. The number of para-hydroxylation sites is 1. The zero-order valence-electron chi connectivity index (χ0n) is 14.7. The number of aryl methyl sites for hydroxylation is 1. The number of carbonyl (C=O) groups is 1. The van der Waals surface area contributed by atoms with E-state index in [2.05, 4.69) is 37.2 Å². The first-order valence-electron chi connectivity index (χ1n) is 8.26. The van der Waals surface area contributed by atoms with Gasteiger partial charge in [-0.05, 0) is 19.9 Å². The lowest BCUT2D eigenvalue weighted by Crippen LogP contribution is -2.30. The van der Waals surface area contributed by atoms with Gasteiger partial charge in [-0.3, -0.25) is 14.6 Å². The van der Waals surface area contributed by atoms with Gasteiger partial charge in [-0.15, -0.1) is 0 Å². The Hall–Kier alpha value is -3.14. The topological polar surface area (TPSA) is 125 Å². The number of aromatic nitrogens is 4. The summed E-state index contributed by atoms with van der Waals surface area (Å²) in [6.45, 7) is 4.50. The van der Waals surface area contributed by atoms with Gasteiger partial charge in [-0.1, -0.05) is 30.0 Å². The van der Waals surface area contributed by atoms with Crippen molar-refractivity contribution in [2.45, 2.75) is 30.7 Å². The van der Waals surface area contributed by atoms with Crippen LogP contribution in [-0.4, -0.2) is 37.1 Å². The molecule has 10 heteroatoms. The third kappa shape index (κ3) is 4.17. The van der Waals surface area contributed by atoms with Crippen molar-refractivity contribution in [1.82, 2.24) is 25.2 Å². The van der Waals surface area contributed by atoms with Crippen molar-refractivity contribution in [2.24, 2.45) is 5.10 Å². The second kappa shape index (κ2) is 8.04. The van der Waals surface area contributed by atoms with Crippen LogP contribution in [0.15, 0.2) is 50.2 Å². The van der Waals surface area contributed by atoms with Crippen molar-refractivity contribution < 1.29 is 4.79 Å². The van der Waals surface area contributed by atoms with E-state index in [0.29, 0.717) is 0 Å². The highest BCUT2D eigenvalue weighted by Crippen LogP contribution is 2.20. The summed E-state index contributed by atoms with van der Waals surface area (Å²) in [5.41, 5.74) is 3.12. The molecule has 3 rings (SSSR count). The van der Waals surface area contributed by atoms with Crippen molar-refractivity contribution in [2.75, 3.05) is 0 Å². The fourth-order valence-corrected chi connectivity index (χ4v) is 3.28. The predicted molar refractivity (Wildman–Crippen MR) is 104 cm³/mol. The maximum Gasteiger partial charge on any atom is 0.342 e. The molecule has 0 bridgehead atoms. The molecule has 1 aromatic carbocycles. The Morgan fingerprint density at radius 2 is 2.19 bits per heavy atom. The molecule has 3 N–H and O–H groups in total. The maximum atomic E-state index is 12.2. The Balaban J connectivity index is 1.68. The summed E-state index contributed by atoms with van der Waals surface area (Å²) >= 11 is 0.928. The average Bonchev–Trinajstić information content (AvgIpc) is 3.02. The van der Waals surface area contributed by atoms with Crippen LogP contribution < -0.4 is 16.7 Å². The first-order valence-corrected chi connectivity index (χ1v) is 9.14. The van der Waals surface area contributed by atoms with Crippen LogP contribution in [0.1, 0.15) is 19.4 Å². The van der Waals surface area contributed by atoms with Crippen molar-refractivity contribution in [3.05, 3.63) is 56.9 Å². The Bertz CT molecular complexity index is 1110. The molecular weight excluding hydrogens is 368 g/mol. The van der Waals surface area contributed by atoms with Crippen LogP contribution in [0, 0.1) is 0 Å². The Labute approximate surface area is 157 Å². The molecular formula is C17H18N6O3S. The van der Waals surface area contributed by atoms with E-state index in [4.69, 9.17) is 0 Å². The zero-order valence-corrected chi connectivity index (χ0v) is 15.5. The number of nitrogens with zero attached hydrogens (tertiary/aromatic N) is 3. The smallest absolute Gasteiger partial charge is 0.342 e. The zero-order chi connectivity index (χ0) is 19.4. The highest BCUT2D eigenvalue weighted by Gasteiger charge is 2.17. The number of thioether (sulfide) groups is 1. The third-order valence-corrected chi connectivity index (χ3v) is 4.94. The Morgan fingerprint density at radius 1 is 1.41 bits per heavy atom. The molecule has 0 spiro atoms. The molecule has 0 aliphatic heterocycles. The first kappa shape index (κ1) is 18.6. The van der Waals surface area contributed by atoms with Crippen molar-refractivity contribution in [3.8, 4) is 0 Å². The number of carbonyl (C=O) groups excluding carboxylic acids is 1. The molecule has 0 aliphatic rings. The Morgan fingerprint density at radius 3 is 2.93 bits per heavy atom. The molecule has 0 fully saturated rings. The van der Waals surface area contributed by atoms with Crippen molar-refractivity contribution in [1.29, 1.82) is 0 Å². The van der Waals surface area contributed by atoms with Gasteiger partial charge in [0, 0.05) is 29.2 Å². The lowest BCUT2D eigenvalue weighted by Gasteiger charge is -2.07. The summed E-state index contributed by atoms with van der Waals surface area (Å²) in [5.74, 6) is -0.386. The number of amides is 1. The van der Waals surface area contributed by atoms with Crippen LogP contribution in [0.3, 0.4) is 0 Å². The minimum Gasteiger partial charge on any atom is -0.347 e. The van der Waals surface area contributed by atoms with E-state index in [-0.39, 0.29) is 10.9 Å². The van der Waals surface area contributed by atoms with E-state index in [1.165, 1.54) is 0 Å². The lowest BCUT2D eigenvalue weighted by atomic mass is 10.2. The normalized spacial score (nSPS) is 12.5. The van der Waals surface area contributed by atoms with Gasteiger partial charge in [0.2, 0.25) is 0 Å². The summed E-state index contributed by atoms with van der Waals surface area (Å²) in [5, 5.41) is 10.2. The van der Waals surface area contributed by atoms with Crippen LogP contribution in [0.25, 0.3) is 10.9 Å². The SMILES string of the molecule is CCn1cc(/C=N/NC(=O)C(C)Sc2n[nH]c(=O)[nH]c2=O)c2ccccc21. The summed E-state index contributed by atoms with van der Waals surface area (Å²) in [7, 11) is 0. The molecule has 0 saturated heterocycles. The van der Waals surface area contributed by atoms with Crippen molar-refractivity contribution >= 4 is 34.8 Å². The number of fused-ring (bicyclic) bond motifs is 1. The van der Waals surface area contributed by atoms with Gasteiger partial charge in [0.1, 0.15) is 0 Å². The summed E-state index contributed by atoms with van der Waals surface area (Å²) in [6.07, 6.45) is 3.57. The molecule has 0 radical (unpaired) electrons. The summed E-state index contributed by atoms with van der Waals surface area (Å²) < 4.78 is 2.10. The fourth-order valence-electron chi connectivity index (χ4n) is 2.53. The number of H-pyrrole nitrogens is 2. The van der Waals surface area contributed by atoms with Gasteiger partial charge in [-0.2, -0.15) is 10.2 Å². The van der Waals surface area contributed by atoms with Crippen LogP contribution in [-0.2, 0) is 11.3 Å². The predicted octanol–water partition coefficient (Wildman–Crippen LogP) is 1.06. The van der Waals surface area contributed by atoms with Crippen LogP contribution in [0.2, 0.25) is 0 Å². The van der Waals surface area contributed by atoms with Crippen LogP contribution in [0.5, 0.6) is 0 Å². The number of hydrazone groups is 1. The number of aromatic amines is 2. The molecule has 1 amide bonds. The number of benzene rings is 1. The minimum atomic E-state index is -0.697. The molecule has 2 heterocycles. The largest absolute Gasteiger partial charge is 0.347 e. The Kier molecular flexibility index (Phi) is 5.55. The quantitative estimate of drug-likeness (QED) is 0.332. The summed E-state index contributed by atoms with van der Waals surface area (Å²) in [6, 6.07) is 7.95. The van der Waals surface area contributed by atoms with Gasteiger partial charge >= 0.3 is 5.69 Å². The van der Waals surface area contributed by atoms with Gasteiger partial charge in [-0.25, -0.2) is 15.3 Å². The first-order chi connectivity index (χ1) is 13.0. The average molecular weight is 386 g/mol.